The van der Waals surface area contributed by atoms with E-state index < -0.39 is 0 Å². The van der Waals surface area contributed by atoms with Crippen molar-refractivity contribution < 1.29 is 4.52 Å². The number of hydrogen-bond donors (Lipinski definition) is 1. The molecule has 74 valence electrons. The number of nitrogens with zero attached hydrogens (tertiary/aromatic N) is 2. The van der Waals surface area contributed by atoms with E-state index in [1.54, 1.807) is 0 Å². The molecule has 1 rings (SSSR count). The number of rotatable bonds is 5. The van der Waals surface area contributed by atoms with Crippen LogP contribution in [0.5, 0.6) is 0 Å². The Labute approximate surface area is 78.7 Å². The van der Waals surface area contributed by atoms with Gasteiger partial charge >= 0.3 is 0 Å². The lowest BCUT2D eigenvalue weighted by atomic mass is 10.1. The molecule has 0 spiro atoms. The van der Waals surface area contributed by atoms with Gasteiger partial charge in [-0.25, -0.2) is 0 Å². The largest absolute Gasteiger partial charge is 0.339 e. The Kier molecular flexibility index (Phi) is 3.89. The zero-order valence-electron chi connectivity index (χ0n) is 8.50. The van der Waals surface area contributed by atoms with Gasteiger partial charge in [0, 0.05) is 19.4 Å². The van der Waals surface area contributed by atoms with Gasteiger partial charge < -0.3 is 9.84 Å². The second-order valence-electron chi connectivity index (χ2n) is 3.56. The second-order valence-corrected chi connectivity index (χ2v) is 3.56. The lowest BCUT2D eigenvalue weighted by Crippen LogP contribution is -2.10. The van der Waals surface area contributed by atoms with Crippen LogP contribution in [0.25, 0.3) is 0 Å². The molecule has 0 saturated heterocycles. The Morgan fingerprint density at radius 2 is 2.23 bits per heavy atom. The summed E-state index contributed by atoms with van der Waals surface area (Å²) in [6.07, 6.45) is 1.70. The summed E-state index contributed by atoms with van der Waals surface area (Å²) in [6.45, 7) is 5.16. The molecule has 1 heterocycles. The van der Waals surface area contributed by atoms with E-state index in [0.717, 1.165) is 31.1 Å². The highest BCUT2D eigenvalue weighted by atomic mass is 16.5. The molecule has 0 aromatic carbocycles. The van der Waals surface area contributed by atoms with Crippen LogP contribution in [-0.2, 0) is 12.8 Å². The molecule has 0 aliphatic heterocycles. The van der Waals surface area contributed by atoms with Gasteiger partial charge in [-0.3, -0.25) is 0 Å². The van der Waals surface area contributed by atoms with E-state index in [1.165, 1.54) is 0 Å². The van der Waals surface area contributed by atoms with Crippen LogP contribution < -0.4 is 5.32 Å². The monoisotopic (exact) mass is 183 g/mol. The SMILES string of the molecule is CNCCc1nc(CC(C)C)no1. The highest BCUT2D eigenvalue weighted by Crippen LogP contribution is 2.04. The summed E-state index contributed by atoms with van der Waals surface area (Å²) in [7, 11) is 1.91. The molecular formula is C9H17N3O. The summed E-state index contributed by atoms with van der Waals surface area (Å²) in [5, 5.41) is 6.93. The zero-order chi connectivity index (χ0) is 9.68. The summed E-state index contributed by atoms with van der Waals surface area (Å²) in [5.41, 5.74) is 0. The molecule has 1 aromatic heterocycles. The van der Waals surface area contributed by atoms with Gasteiger partial charge in [-0.1, -0.05) is 19.0 Å². The lowest BCUT2D eigenvalue weighted by molar-refractivity contribution is 0.370. The molecule has 0 fully saturated rings. The molecule has 0 atom stereocenters. The minimum absolute atomic E-state index is 0.578. The first kappa shape index (κ1) is 10.2. The Balaban J connectivity index is 2.44. The molecule has 4 nitrogen and oxygen atoms in total. The van der Waals surface area contributed by atoms with Gasteiger partial charge in [0.1, 0.15) is 0 Å². The van der Waals surface area contributed by atoms with Crippen molar-refractivity contribution in [2.45, 2.75) is 26.7 Å². The fourth-order valence-corrected chi connectivity index (χ4v) is 1.07. The van der Waals surface area contributed by atoms with Crippen LogP contribution in [0.4, 0.5) is 0 Å². The Morgan fingerprint density at radius 1 is 1.46 bits per heavy atom. The Morgan fingerprint density at radius 3 is 2.85 bits per heavy atom. The standard InChI is InChI=1S/C9H17N3O/c1-7(2)6-8-11-9(13-12-8)4-5-10-3/h7,10H,4-6H2,1-3H3. The van der Waals surface area contributed by atoms with E-state index in [0.29, 0.717) is 5.92 Å². The first-order valence-electron chi connectivity index (χ1n) is 4.68. The molecule has 4 heteroatoms. The van der Waals surface area contributed by atoms with Crippen molar-refractivity contribution in [1.82, 2.24) is 15.5 Å². The number of aromatic nitrogens is 2. The maximum Gasteiger partial charge on any atom is 0.227 e. The van der Waals surface area contributed by atoms with Gasteiger partial charge in [-0.2, -0.15) is 4.98 Å². The van der Waals surface area contributed by atoms with Crippen LogP contribution in [0.1, 0.15) is 25.6 Å². The summed E-state index contributed by atoms with van der Waals surface area (Å²) in [4.78, 5) is 4.27. The molecule has 0 aliphatic rings. The van der Waals surface area contributed by atoms with Gasteiger partial charge in [0.05, 0.1) is 0 Å². The third kappa shape index (κ3) is 3.55. The van der Waals surface area contributed by atoms with Gasteiger partial charge in [-0.05, 0) is 13.0 Å². The first-order chi connectivity index (χ1) is 6.22. The van der Waals surface area contributed by atoms with Crippen LogP contribution in [0.2, 0.25) is 0 Å². The zero-order valence-corrected chi connectivity index (χ0v) is 8.50. The highest BCUT2D eigenvalue weighted by Gasteiger charge is 2.06. The quantitative estimate of drug-likeness (QED) is 0.740. The van der Waals surface area contributed by atoms with Crippen LogP contribution in [0.3, 0.4) is 0 Å². The van der Waals surface area contributed by atoms with Crippen molar-refractivity contribution in [3.8, 4) is 0 Å². The summed E-state index contributed by atoms with van der Waals surface area (Å²) < 4.78 is 5.07. The predicted octanol–water partition coefficient (Wildman–Crippen LogP) is 1.03. The van der Waals surface area contributed by atoms with Gasteiger partial charge in [0.25, 0.3) is 0 Å². The smallest absolute Gasteiger partial charge is 0.227 e. The van der Waals surface area contributed by atoms with Crippen molar-refractivity contribution in [1.29, 1.82) is 0 Å². The molecule has 0 amide bonds. The lowest BCUT2D eigenvalue weighted by Gasteiger charge is -1.96. The molecule has 0 unspecified atom stereocenters. The maximum atomic E-state index is 5.07. The first-order valence-corrected chi connectivity index (χ1v) is 4.68. The van der Waals surface area contributed by atoms with Crippen LogP contribution in [0.15, 0.2) is 4.52 Å². The Hall–Kier alpha value is -0.900. The fourth-order valence-electron chi connectivity index (χ4n) is 1.07. The average molecular weight is 183 g/mol. The third-order valence-electron chi connectivity index (χ3n) is 1.69. The van der Waals surface area contributed by atoms with Crippen LogP contribution in [-0.4, -0.2) is 23.7 Å². The second kappa shape index (κ2) is 4.97. The predicted molar refractivity (Wildman–Crippen MR) is 50.5 cm³/mol. The van der Waals surface area contributed by atoms with Gasteiger partial charge in [0.2, 0.25) is 5.89 Å². The Bertz CT molecular complexity index is 245. The van der Waals surface area contributed by atoms with E-state index in [1.807, 2.05) is 7.05 Å². The molecule has 13 heavy (non-hydrogen) atoms. The molecule has 0 saturated carbocycles. The van der Waals surface area contributed by atoms with E-state index in [2.05, 4.69) is 29.3 Å². The number of hydrogen-bond acceptors (Lipinski definition) is 4. The van der Waals surface area contributed by atoms with Crippen LogP contribution in [0, 0.1) is 5.92 Å². The summed E-state index contributed by atoms with van der Waals surface area (Å²) in [5.74, 6) is 2.13. The highest BCUT2D eigenvalue weighted by molar-refractivity contribution is 4.87. The van der Waals surface area contributed by atoms with E-state index >= 15 is 0 Å². The number of likely N-dealkylation sites (N-methyl/N-ethyl adjacent to an activating group) is 1. The molecule has 0 bridgehead atoms. The summed E-state index contributed by atoms with van der Waals surface area (Å²) >= 11 is 0. The van der Waals surface area contributed by atoms with Crippen molar-refractivity contribution in [2.75, 3.05) is 13.6 Å². The molecule has 0 radical (unpaired) electrons. The summed E-state index contributed by atoms with van der Waals surface area (Å²) in [6, 6.07) is 0. The third-order valence-corrected chi connectivity index (χ3v) is 1.69. The van der Waals surface area contributed by atoms with Gasteiger partial charge in [-0.15, -0.1) is 0 Å². The van der Waals surface area contributed by atoms with Gasteiger partial charge in [0.15, 0.2) is 5.82 Å². The fraction of sp³-hybridized carbons (Fsp3) is 0.778. The number of nitrogens with one attached hydrogen (secondary N) is 1. The molecular weight excluding hydrogens is 166 g/mol. The topological polar surface area (TPSA) is 51.0 Å². The van der Waals surface area contributed by atoms with Crippen molar-refractivity contribution in [3.05, 3.63) is 11.7 Å². The van der Waals surface area contributed by atoms with Crippen molar-refractivity contribution in [2.24, 2.45) is 5.92 Å². The minimum atomic E-state index is 0.578. The molecule has 0 aliphatic carbocycles. The average Bonchev–Trinajstić information content (AvgIpc) is 2.48. The minimum Gasteiger partial charge on any atom is -0.339 e. The maximum absolute atomic E-state index is 5.07. The van der Waals surface area contributed by atoms with E-state index in [4.69, 9.17) is 4.52 Å². The van der Waals surface area contributed by atoms with Crippen LogP contribution >= 0.6 is 0 Å². The normalized spacial score (nSPS) is 11.1. The van der Waals surface area contributed by atoms with Crippen molar-refractivity contribution >= 4 is 0 Å². The van der Waals surface area contributed by atoms with Crippen molar-refractivity contribution in [3.63, 3.8) is 0 Å². The molecule has 1 N–H and O–H groups in total. The van der Waals surface area contributed by atoms with E-state index in [9.17, 15) is 0 Å². The molecule has 1 aromatic rings. The van der Waals surface area contributed by atoms with E-state index in [-0.39, 0.29) is 0 Å².